The van der Waals surface area contributed by atoms with Gasteiger partial charge in [0, 0.05) is 30.7 Å². The van der Waals surface area contributed by atoms with E-state index in [1.807, 2.05) is 25.1 Å². The molecule has 0 aliphatic carbocycles. The van der Waals surface area contributed by atoms with Gasteiger partial charge >= 0.3 is 0 Å². The number of pyridine rings is 1. The predicted octanol–water partition coefficient (Wildman–Crippen LogP) is 3.24. The summed E-state index contributed by atoms with van der Waals surface area (Å²) >= 11 is 0. The van der Waals surface area contributed by atoms with Gasteiger partial charge in [0.1, 0.15) is 5.69 Å². The van der Waals surface area contributed by atoms with Crippen LogP contribution in [0, 0.1) is 0 Å². The fraction of sp³-hybridized carbons (Fsp3) is 0.400. The fourth-order valence-electron chi connectivity index (χ4n) is 2.66. The van der Waals surface area contributed by atoms with Crippen molar-refractivity contribution in [2.24, 2.45) is 0 Å². The van der Waals surface area contributed by atoms with Gasteiger partial charge in [0.2, 0.25) is 0 Å². The van der Waals surface area contributed by atoms with Crippen LogP contribution in [-0.2, 0) is 12.8 Å². The summed E-state index contributed by atoms with van der Waals surface area (Å²) in [6.45, 7) is 5.70. The van der Waals surface area contributed by atoms with Gasteiger partial charge in [0.15, 0.2) is 0 Å². The maximum atomic E-state index is 12.3. The van der Waals surface area contributed by atoms with E-state index in [-0.39, 0.29) is 5.91 Å². The smallest absolute Gasteiger partial charge is 0.269 e. The first-order valence-corrected chi connectivity index (χ1v) is 8.81. The summed E-state index contributed by atoms with van der Waals surface area (Å²) < 4.78 is 0. The molecule has 0 aliphatic rings. The Balaban J connectivity index is 2.16. The lowest BCUT2D eigenvalue weighted by atomic mass is 10.0. The van der Waals surface area contributed by atoms with Crippen LogP contribution in [0.1, 0.15) is 35.5 Å². The molecule has 0 aliphatic heterocycles. The van der Waals surface area contributed by atoms with Crippen LogP contribution in [0.4, 0.5) is 11.4 Å². The van der Waals surface area contributed by atoms with Gasteiger partial charge in [0.05, 0.1) is 0 Å². The summed E-state index contributed by atoms with van der Waals surface area (Å²) in [7, 11) is 3.96. The van der Waals surface area contributed by atoms with Gasteiger partial charge in [-0.05, 0) is 50.2 Å². The van der Waals surface area contributed by atoms with E-state index in [1.54, 1.807) is 12.3 Å². The maximum absolute atomic E-state index is 12.3. The average molecular weight is 340 g/mol. The topological polar surface area (TPSA) is 57.3 Å². The number of anilines is 2. The van der Waals surface area contributed by atoms with Crippen molar-refractivity contribution in [1.29, 1.82) is 0 Å². The molecule has 0 saturated heterocycles. The number of hydrogen-bond acceptors (Lipinski definition) is 4. The summed E-state index contributed by atoms with van der Waals surface area (Å²) in [6.07, 6.45) is 3.58. The molecule has 2 N–H and O–H groups in total. The van der Waals surface area contributed by atoms with Gasteiger partial charge in [-0.1, -0.05) is 32.0 Å². The van der Waals surface area contributed by atoms with E-state index in [0.717, 1.165) is 30.8 Å². The molecule has 2 aromatic rings. The first-order chi connectivity index (χ1) is 12.0. The first-order valence-electron chi connectivity index (χ1n) is 8.81. The summed E-state index contributed by atoms with van der Waals surface area (Å²) in [4.78, 5) is 18.5. The van der Waals surface area contributed by atoms with Crippen LogP contribution >= 0.6 is 0 Å². The number of likely N-dealkylation sites (N-methyl/N-ethyl adjacent to an activating group) is 1. The third-order valence-corrected chi connectivity index (χ3v) is 4.11. The third-order valence-electron chi connectivity index (χ3n) is 4.11. The van der Waals surface area contributed by atoms with Crippen molar-refractivity contribution in [3.05, 3.63) is 53.3 Å². The van der Waals surface area contributed by atoms with E-state index in [0.29, 0.717) is 12.2 Å². The van der Waals surface area contributed by atoms with Crippen molar-refractivity contribution in [2.45, 2.75) is 26.7 Å². The Kier molecular flexibility index (Phi) is 6.95. The second kappa shape index (κ2) is 9.18. The minimum Gasteiger partial charge on any atom is -0.355 e. The molecule has 0 bridgehead atoms. The third kappa shape index (κ3) is 5.29. The summed E-state index contributed by atoms with van der Waals surface area (Å²) in [6, 6.07) is 10.1. The zero-order chi connectivity index (χ0) is 18.2. The molecule has 25 heavy (non-hydrogen) atoms. The van der Waals surface area contributed by atoms with Crippen LogP contribution in [0.15, 0.2) is 36.5 Å². The van der Waals surface area contributed by atoms with Crippen molar-refractivity contribution in [2.75, 3.05) is 32.5 Å². The van der Waals surface area contributed by atoms with Crippen molar-refractivity contribution < 1.29 is 4.79 Å². The van der Waals surface area contributed by atoms with E-state index in [2.05, 4.69) is 47.7 Å². The van der Waals surface area contributed by atoms with Gasteiger partial charge in [0.25, 0.3) is 5.91 Å². The van der Waals surface area contributed by atoms with Crippen LogP contribution in [0.25, 0.3) is 0 Å². The van der Waals surface area contributed by atoms with Crippen LogP contribution in [0.3, 0.4) is 0 Å². The number of aromatic nitrogens is 1. The molecule has 1 aromatic heterocycles. The number of nitrogens with zero attached hydrogens (tertiary/aromatic N) is 2. The normalized spacial score (nSPS) is 10.8. The Morgan fingerprint density at radius 2 is 1.80 bits per heavy atom. The zero-order valence-electron chi connectivity index (χ0n) is 15.6. The average Bonchev–Trinajstić information content (AvgIpc) is 2.61. The number of nitrogens with one attached hydrogen (secondary N) is 2. The van der Waals surface area contributed by atoms with Gasteiger partial charge in [-0.3, -0.25) is 9.78 Å². The number of para-hydroxylation sites is 1. The Bertz CT molecular complexity index is 690. The summed E-state index contributed by atoms with van der Waals surface area (Å²) in [5.41, 5.74) is 4.98. The number of amides is 1. The number of hydrogen-bond donors (Lipinski definition) is 2. The van der Waals surface area contributed by atoms with Crippen molar-refractivity contribution >= 4 is 17.3 Å². The zero-order valence-corrected chi connectivity index (χ0v) is 15.6. The number of benzene rings is 1. The molecule has 5 nitrogen and oxygen atoms in total. The Morgan fingerprint density at radius 1 is 1.12 bits per heavy atom. The monoisotopic (exact) mass is 340 g/mol. The number of carbonyl (C=O) groups excluding carboxylic acids is 1. The lowest BCUT2D eigenvalue weighted by Crippen LogP contribution is -2.31. The molecule has 2 rings (SSSR count). The first kappa shape index (κ1) is 18.9. The van der Waals surface area contributed by atoms with Crippen molar-refractivity contribution in [1.82, 2.24) is 15.2 Å². The Hall–Kier alpha value is -2.40. The highest BCUT2D eigenvalue weighted by molar-refractivity contribution is 5.93. The van der Waals surface area contributed by atoms with Crippen LogP contribution in [-0.4, -0.2) is 43.0 Å². The van der Waals surface area contributed by atoms with Crippen molar-refractivity contribution in [3.63, 3.8) is 0 Å². The van der Waals surface area contributed by atoms with Crippen LogP contribution in [0.2, 0.25) is 0 Å². The molecule has 0 saturated carbocycles. The molecule has 1 amide bonds. The lowest BCUT2D eigenvalue weighted by molar-refractivity contribution is 0.0946. The lowest BCUT2D eigenvalue weighted by Gasteiger charge is -2.16. The molecule has 134 valence electrons. The molecular formula is C20H28N4O. The molecule has 5 heteroatoms. The number of carbonyl (C=O) groups is 1. The second-order valence-electron chi connectivity index (χ2n) is 6.27. The van der Waals surface area contributed by atoms with E-state index < -0.39 is 0 Å². The molecule has 0 unspecified atom stereocenters. The highest BCUT2D eigenvalue weighted by atomic mass is 16.1. The largest absolute Gasteiger partial charge is 0.355 e. The molecule has 0 fully saturated rings. The van der Waals surface area contributed by atoms with Gasteiger partial charge in [-0.15, -0.1) is 0 Å². The van der Waals surface area contributed by atoms with Gasteiger partial charge in [-0.25, -0.2) is 0 Å². The highest BCUT2D eigenvalue weighted by Gasteiger charge is 2.10. The van der Waals surface area contributed by atoms with E-state index >= 15 is 0 Å². The fourth-order valence-corrected chi connectivity index (χ4v) is 2.66. The van der Waals surface area contributed by atoms with E-state index in [1.165, 1.54) is 11.1 Å². The minimum atomic E-state index is -0.148. The number of rotatable bonds is 8. The molecule has 0 atom stereocenters. The highest BCUT2D eigenvalue weighted by Crippen LogP contribution is 2.26. The maximum Gasteiger partial charge on any atom is 0.269 e. The predicted molar refractivity (Wildman–Crippen MR) is 104 cm³/mol. The van der Waals surface area contributed by atoms with Gasteiger partial charge < -0.3 is 15.5 Å². The van der Waals surface area contributed by atoms with E-state index in [4.69, 9.17) is 0 Å². The van der Waals surface area contributed by atoms with Crippen LogP contribution in [0.5, 0.6) is 0 Å². The second-order valence-corrected chi connectivity index (χ2v) is 6.27. The minimum absolute atomic E-state index is 0.148. The standard InChI is InChI=1S/C20H28N4O/c1-5-15-8-7-9-16(6-2)19(15)23-17-10-11-21-18(14-17)20(25)22-12-13-24(3)4/h7-11,14H,5-6,12-13H2,1-4H3,(H,21,23)(H,22,25). The molecular weight excluding hydrogens is 312 g/mol. The van der Waals surface area contributed by atoms with Crippen LogP contribution < -0.4 is 10.6 Å². The quantitative estimate of drug-likeness (QED) is 0.774. The van der Waals surface area contributed by atoms with E-state index in [9.17, 15) is 4.79 Å². The Morgan fingerprint density at radius 3 is 2.40 bits per heavy atom. The van der Waals surface area contributed by atoms with Crippen molar-refractivity contribution in [3.8, 4) is 0 Å². The number of aryl methyl sites for hydroxylation is 2. The molecule has 1 aromatic carbocycles. The molecule has 1 heterocycles. The molecule has 0 radical (unpaired) electrons. The Labute approximate surface area is 150 Å². The summed E-state index contributed by atoms with van der Waals surface area (Å²) in [5.74, 6) is -0.148. The molecule has 0 spiro atoms. The SMILES string of the molecule is CCc1cccc(CC)c1Nc1ccnc(C(=O)NCCN(C)C)c1. The van der Waals surface area contributed by atoms with Gasteiger partial charge in [-0.2, -0.15) is 0 Å². The summed E-state index contributed by atoms with van der Waals surface area (Å²) in [5, 5.41) is 6.38.